The van der Waals surface area contributed by atoms with Crippen LogP contribution >= 0.6 is 15.9 Å². The van der Waals surface area contributed by atoms with E-state index < -0.39 is 11.6 Å². The fourth-order valence-corrected chi connectivity index (χ4v) is 2.54. The van der Waals surface area contributed by atoms with Crippen LogP contribution in [0.25, 0.3) is 11.4 Å². The first-order chi connectivity index (χ1) is 10.2. The summed E-state index contributed by atoms with van der Waals surface area (Å²) < 4.78 is 29.9. The zero-order valence-corrected chi connectivity index (χ0v) is 12.5. The quantitative estimate of drug-likeness (QED) is 0.630. The SMILES string of the molecule is Fc1ccc(Br)c(F)c1Cn1ccnc1-c1ccccc1. The van der Waals surface area contributed by atoms with Crippen LogP contribution in [0, 0.1) is 11.6 Å². The Hall–Kier alpha value is -2.01. The average molecular weight is 349 g/mol. The summed E-state index contributed by atoms with van der Waals surface area (Å²) in [5.74, 6) is -0.472. The summed E-state index contributed by atoms with van der Waals surface area (Å²) in [6.07, 6.45) is 3.33. The van der Waals surface area contributed by atoms with Gasteiger partial charge in [0.1, 0.15) is 17.5 Å². The van der Waals surface area contributed by atoms with Crippen molar-refractivity contribution in [1.29, 1.82) is 0 Å². The van der Waals surface area contributed by atoms with E-state index in [1.165, 1.54) is 12.1 Å². The number of rotatable bonds is 3. The average Bonchev–Trinajstić information content (AvgIpc) is 2.97. The van der Waals surface area contributed by atoms with Crippen molar-refractivity contribution >= 4 is 15.9 Å². The maximum absolute atomic E-state index is 14.1. The summed E-state index contributed by atoms with van der Waals surface area (Å²) in [7, 11) is 0. The lowest BCUT2D eigenvalue weighted by Crippen LogP contribution is -2.06. The van der Waals surface area contributed by atoms with Gasteiger partial charge in [-0.05, 0) is 28.1 Å². The lowest BCUT2D eigenvalue weighted by Gasteiger charge is -2.10. The first-order valence-electron chi connectivity index (χ1n) is 6.36. The molecular formula is C16H11BrF2N2. The third-order valence-electron chi connectivity index (χ3n) is 3.21. The molecule has 0 spiro atoms. The van der Waals surface area contributed by atoms with Crippen molar-refractivity contribution in [2.45, 2.75) is 6.54 Å². The molecule has 0 fully saturated rings. The van der Waals surface area contributed by atoms with E-state index in [9.17, 15) is 8.78 Å². The summed E-state index contributed by atoms with van der Waals surface area (Å²) in [4.78, 5) is 4.27. The minimum Gasteiger partial charge on any atom is -0.326 e. The lowest BCUT2D eigenvalue weighted by molar-refractivity contribution is 0.541. The van der Waals surface area contributed by atoms with Crippen molar-refractivity contribution in [3.63, 3.8) is 0 Å². The standard InChI is InChI=1S/C16H11BrF2N2/c17-13-6-7-14(18)12(15(13)19)10-21-9-8-20-16(21)11-4-2-1-3-5-11/h1-9H,10H2. The van der Waals surface area contributed by atoms with E-state index in [0.717, 1.165) is 5.56 Å². The number of imidazole rings is 1. The topological polar surface area (TPSA) is 17.8 Å². The minimum absolute atomic E-state index is 0.0135. The van der Waals surface area contributed by atoms with Gasteiger partial charge in [-0.25, -0.2) is 13.8 Å². The minimum atomic E-state index is -0.581. The van der Waals surface area contributed by atoms with Gasteiger partial charge in [0.05, 0.1) is 11.0 Å². The highest BCUT2D eigenvalue weighted by molar-refractivity contribution is 9.10. The molecule has 1 aromatic heterocycles. The summed E-state index contributed by atoms with van der Waals surface area (Å²) in [5, 5.41) is 0. The first kappa shape index (κ1) is 13.9. The van der Waals surface area contributed by atoms with Gasteiger partial charge in [0, 0.05) is 23.5 Å². The molecule has 0 bridgehead atoms. The number of hydrogen-bond acceptors (Lipinski definition) is 1. The molecule has 0 N–H and O–H groups in total. The molecule has 1 heterocycles. The van der Waals surface area contributed by atoms with E-state index in [1.54, 1.807) is 17.0 Å². The van der Waals surface area contributed by atoms with Crippen molar-refractivity contribution < 1.29 is 8.78 Å². The number of halogens is 3. The fraction of sp³-hybridized carbons (Fsp3) is 0.0625. The zero-order valence-electron chi connectivity index (χ0n) is 10.9. The summed E-state index contributed by atoms with van der Waals surface area (Å²) in [6, 6.07) is 12.1. The largest absolute Gasteiger partial charge is 0.326 e. The molecule has 0 aliphatic heterocycles. The van der Waals surface area contributed by atoms with Crippen LogP contribution in [-0.4, -0.2) is 9.55 Å². The number of aromatic nitrogens is 2. The Balaban J connectivity index is 2.02. The molecule has 0 radical (unpaired) electrons. The molecule has 0 aliphatic carbocycles. The molecule has 0 saturated heterocycles. The van der Waals surface area contributed by atoms with Crippen molar-refractivity contribution in [2.24, 2.45) is 0 Å². The van der Waals surface area contributed by atoms with Gasteiger partial charge >= 0.3 is 0 Å². The molecule has 5 heteroatoms. The Labute approximate surface area is 129 Å². The summed E-state index contributed by atoms with van der Waals surface area (Å²) in [5.41, 5.74) is 0.915. The Morgan fingerprint density at radius 1 is 1.05 bits per heavy atom. The maximum atomic E-state index is 14.1. The highest BCUT2D eigenvalue weighted by Crippen LogP contribution is 2.24. The van der Waals surface area contributed by atoms with Crippen molar-refractivity contribution in [3.8, 4) is 11.4 Å². The molecule has 3 rings (SSSR count). The monoisotopic (exact) mass is 348 g/mol. The molecule has 106 valence electrons. The number of hydrogen-bond donors (Lipinski definition) is 0. The highest BCUT2D eigenvalue weighted by atomic mass is 79.9. The Morgan fingerprint density at radius 3 is 2.57 bits per heavy atom. The number of nitrogens with zero attached hydrogens (tertiary/aromatic N) is 2. The maximum Gasteiger partial charge on any atom is 0.145 e. The lowest BCUT2D eigenvalue weighted by atomic mass is 10.1. The van der Waals surface area contributed by atoms with Crippen LogP contribution < -0.4 is 0 Å². The molecule has 0 saturated carbocycles. The third kappa shape index (κ3) is 2.74. The van der Waals surface area contributed by atoms with Crippen LogP contribution in [0.2, 0.25) is 0 Å². The van der Waals surface area contributed by atoms with Gasteiger partial charge in [-0.2, -0.15) is 0 Å². The normalized spacial score (nSPS) is 10.8. The molecule has 0 atom stereocenters. The molecule has 0 unspecified atom stereocenters. The predicted molar refractivity (Wildman–Crippen MR) is 80.8 cm³/mol. The Morgan fingerprint density at radius 2 is 1.81 bits per heavy atom. The molecule has 2 nitrogen and oxygen atoms in total. The van der Waals surface area contributed by atoms with Gasteiger partial charge in [0.25, 0.3) is 0 Å². The van der Waals surface area contributed by atoms with Gasteiger partial charge in [0.15, 0.2) is 0 Å². The predicted octanol–water partition coefficient (Wildman–Crippen LogP) is 4.64. The van der Waals surface area contributed by atoms with Gasteiger partial charge in [-0.1, -0.05) is 30.3 Å². The zero-order chi connectivity index (χ0) is 14.8. The Kier molecular flexibility index (Phi) is 3.84. The van der Waals surface area contributed by atoms with Crippen LogP contribution in [0.5, 0.6) is 0 Å². The van der Waals surface area contributed by atoms with Gasteiger partial charge in [-0.3, -0.25) is 0 Å². The summed E-state index contributed by atoms with van der Waals surface area (Å²) in [6.45, 7) is 0.0847. The summed E-state index contributed by atoms with van der Waals surface area (Å²) >= 11 is 3.08. The Bertz CT molecular complexity index is 769. The van der Waals surface area contributed by atoms with Gasteiger partial charge in [-0.15, -0.1) is 0 Å². The molecule has 0 amide bonds. The second kappa shape index (κ2) is 5.77. The third-order valence-corrected chi connectivity index (χ3v) is 3.83. The van der Waals surface area contributed by atoms with E-state index in [2.05, 4.69) is 20.9 Å². The van der Waals surface area contributed by atoms with Crippen LogP contribution in [0.4, 0.5) is 8.78 Å². The van der Waals surface area contributed by atoms with E-state index in [4.69, 9.17) is 0 Å². The van der Waals surface area contributed by atoms with Gasteiger partial charge in [0.2, 0.25) is 0 Å². The second-order valence-corrected chi connectivity index (χ2v) is 5.42. The molecule has 21 heavy (non-hydrogen) atoms. The molecule has 0 aliphatic rings. The van der Waals surface area contributed by atoms with E-state index in [0.29, 0.717) is 5.82 Å². The van der Waals surface area contributed by atoms with Crippen molar-refractivity contribution in [2.75, 3.05) is 0 Å². The van der Waals surface area contributed by atoms with E-state index in [-0.39, 0.29) is 16.6 Å². The first-order valence-corrected chi connectivity index (χ1v) is 7.15. The molecule has 3 aromatic rings. The van der Waals surface area contributed by atoms with E-state index in [1.807, 2.05) is 30.3 Å². The van der Waals surface area contributed by atoms with Gasteiger partial charge < -0.3 is 4.57 Å². The van der Waals surface area contributed by atoms with Crippen molar-refractivity contribution in [1.82, 2.24) is 9.55 Å². The van der Waals surface area contributed by atoms with Crippen LogP contribution in [0.1, 0.15) is 5.56 Å². The van der Waals surface area contributed by atoms with Crippen molar-refractivity contribution in [3.05, 3.63) is 76.5 Å². The van der Waals surface area contributed by atoms with E-state index >= 15 is 0 Å². The highest BCUT2D eigenvalue weighted by Gasteiger charge is 2.15. The smallest absolute Gasteiger partial charge is 0.145 e. The van der Waals surface area contributed by atoms with Crippen LogP contribution in [0.15, 0.2) is 59.3 Å². The number of benzene rings is 2. The fourth-order valence-electron chi connectivity index (χ4n) is 2.17. The molecule has 2 aromatic carbocycles. The van der Waals surface area contributed by atoms with Crippen LogP contribution in [-0.2, 0) is 6.54 Å². The van der Waals surface area contributed by atoms with Crippen LogP contribution in [0.3, 0.4) is 0 Å². The second-order valence-electron chi connectivity index (χ2n) is 4.57. The molecular weight excluding hydrogens is 338 g/mol.